The van der Waals surface area contributed by atoms with Gasteiger partial charge in [0.2, 0.25) is 0 Å². The summed E-state index contributed by atoms with van der Waals surface area (Å²) in [4.78, 5) is 22.1. The molecular formula is C23H24FN3O3. The van der Waals surface area contributed by atoms with E-state index >= 15 is 0 Å². The van der Waals surface area contributed by atoms with Crippen molar-refractivity contribution in [1.82, 2.24) is 15.4 Å². The fraction of sp³-hybridized carbons (Fsp3) is 0.348. The number of fused-ring (bicyclic) bond motifs is 1. The molecule has 2 N–H and O–H groups in total. The highest BCUT2D eigenvalue weighted by molar-refractivity contribution is 5.73. The van der Waals surface area contributed by atoms with Crippen molar-refractivity contribution < 1.29 is 13.6 Å². The molecule has 0 amide bonds. The molecule has 3 aromatic rings. The molecule has 30 heavy (non-hydrogen) atoms. The van der Waals surface area contributed by atoms with Crippen LogP contribution in [-0.2, 0) is 11.3 Å². The zero-order valence-corrected chi connectivity index (χ0v) is 16.6. The number of oxazole rings is 1. The molecule has 1 fully saturated rings. The van der Waals surface area contributed by atoms with Gasteiger partial charge in [0.1, 0.15) is 11.9 Å². The van der Waals surface area contributed by atoms with E-state index in [0.29, 0.717) is 17.0 Å². The first-order valence-electron chi connectivity index (χ1n) is 10.3. The summed E-state index contributed by atoms with van der Waals surface area (Å²) in [6, 6.07) is 12.5. The fourth-order valence-corrected chi connectivity index (χ4v) is 4.32. The number of aromatic amines is 1. The fourth-order valence-electron chi connectivity index (χ4n) is 4.32. The predicted octanol–water partition coefficient (Wildman–Crippen LogP) is 3.67. The lowest BCUT2D eigenvalue weighted by molar-refractivity contribution is 0.0380. The third-order valence-electron chi connectivity index (χ3n) is 5.98. The van der Waals surface area contributed by atoms with Crippen molar-refractivity contribution in [2.45, 2.75) is 25.4 Å². The summed E-state index contributed by atoms with van der Waals surface area (Å²) < 4.78 is 18.2. The minimum absolute atomic E-state index is 0.177. The van der Waals surface area contributed by atoms with E-state index in [4.69, 9.17) is 9.25 Å². The number of hydrogen-bond acceptors (Lipinski definition) is 5. The van der Waals surface area contributed by atoms with Crippen LogP contribution >= 0.6 is 0 Å². The second-order valence-corrected chi connectivity index (χ2v) is 8.15. The molecule has 156 valence electrons. The molecule has 2 aliphatic rings. The molecule has 6 nitrogen and oxygen atoms in total. The first kappa shape index (κ1) is 19.1. The molecule has 3 heterocycles. The smallest absolute Gasteiger partial charge is 0.408 e. The largest absolute Gasteiger partial charge is 0.417 e. The molecule has 0 spiro atoms. The molecule has 0 bridgehead atoms. The average Bonchev–Trinajstić information content (AvgIpc) is 3.36. The van der Waals surface area contributed by atoms with Gasteiger partial charge in [-0.3, -0.25) is 20.2 Å². The van der Waals surface area contributed by atoms with E-state index in [1.54, 1.807) is 12.1 Å². The molecule has 0 aliphatic carbocycles. The molecule has 5 rings (SSSR count). The van der Waals surface area contributed by atoms with Crippen LogP contribution in [0.4, 0.5) is 4.39 Å². The number of hydroxylamine groups is 1. The topological polar surface area (TPSA) is 70.5 Å². The van der Waals surface area contributed by atoms with Crippen molar-refractivity contribution in [3.63, 3.8) is 0 Å². The number of benzene rings is 2. The number of H-pyrrole nitrogens is 1. The van der Waals surface area contributed by atoms with Gasteiger partial charge in [-0.2, -0.15) is 0 Å². The molecule has 1 unspecified atom stereocenters. The minimum atomic E-state index is -0.452. The number of piperidine rings is 1. The maximum Gasteiger partial charge on any atom is 0.417 e. The van der Waals surface area contributed by atoms with E-state index < -0.39 is 5.76 Å². The Morgan fingerprint density at radius 2 is 1.90 bits per heavy atom. The quantitative estimate of drug-likeness (QED) is 0.673. The van der Waals surface area contributed by atoms with Crippen LogP contribution in [0.3, 0.4) is 0 Å². The summed E-state index contributed by atoms with van der Waals surface area (Å²) in [6.45, 7) is 2.90. The second kappa shape index (κ2) is 8.08. The zero-order chi connectivity index (χ0) is 20.5. The van der Waals surface area contributed by atoms with Gasteiger partial charge in [0.15, 0.2) is 5.58 Å². The molecule has 1 atom stereocenters. The maximum absolute atomic E-state index is 13.1. The normalized spacial score (nSPS) is 20.4. The highest BCUT2D eigenvalue weighted by Gasteiger charge is 2.24. The number of nitrogens with one attached hydrogen (secondary N) is 2. The second-order valence-electron chi connectivity index (χ2n) is 8.15. The third kappa shape index (κ3) is 4.17. The first-order chi connectivity index (χ1) is 14.6. The van der Waals surface area contributed by atoms with Crippen molar-refractivity contribution in [1.29, 1.82) is 0 Å². The first-order valence-corrected chi connectivity index (χ1v) is 10.3. The van der Waals surface area contributed by atoms with Crippen molar-refractivity contribution >= 4 is 11.1 Å². The highest BCUT2D eigenvalue weighted by atomic mass is 19.1. The number of rotatable bonds is 5. The SMILES string of the molecule is O=c1[nH]c2ccc(C3C=C(CN4CCC(Cc5ccc(F)cc5)CC4)NO3)cc2o1. The summed E-state index contributed by atoms with van der Waals surface area (Å²) in [5.41, 5.74) is 7.46. The Balaban J connectivity index is 1.15. The van der Waals surface area contributed by atoms with Crippen LogP contribution in [0, 0.1) is 11.7 Å². The van der Waals surface area contributed by atoms with Crippen molar-refractivity contribution in [3.05, 3.63) is 81.7 Å². The van der Waals surface area contributed by atoms with Gasteiger partial charge in [-0.25, -0.2) is 9.18 Å². The van der Waals surface area contributed by atoms with Gasteiger partial charge in [-0.1, -0.05) is 18.2 Å². The lowest BCUT2D eigenvalue weighted by Gasteiger charge is -2.32. The Morgan fingerprint density at radius 1 is 1.10 bits per heavy atom. The molecule has 1 aromatic heterocycles. The van der Waals surface area contributed by atoms with Gasteiger partial charge in [0, 0.05) is 6.54 Å². The predicted molar refractivity (Wildman–Crippen MR) is 111 cm³/mol. The van der Waals surface area contributed by atoms with Gasteiger partial charge >= 0.3 is 5.76 Å². The van der Waals surface area contributed by atoms with Crippen LogP contribution in [0.1, 0.15) is 30.1 Å². The van der Waals surface area contributed by atoms with Crippen molar-refractivity contribution in [2.75, 3.05) is 19.6 Å². The van der Waals surface area contributed by atoms with Crippen LogP contribution in [0.15, 0.2) is 63.4 Å². The molecular weight excluding hydrogens is 385 g/mol. The Bertz CT molecular complexity index is 1110. The van der Waals surface area contributed by atoms with Crippen molar-refractivity contribution in [2.24, 2.45) is 5.92 Å². The zero-order valence-electron chi connectivity index (χ0n) is 16.6. The number of halogens is 1. The lowest BCUT2D eigenvalue weighted by Crippen LogP contribution is -2.37. The van der Waals surface area contributed by atoms with Gasteiger partial charge < -0.3 is 4.42 Å². The monoisotopic (exact) mass is 409 g/mol. The van der Waals surface area contributed by atoms with Gasteiger partial charge in [0.05, 0.1) is 11.2 Å². The standard InChI is InChI=1S/C23H24FN3O3/c24-18-4-1-15(2-5-18)11-16-7-9-27(10-8-16)14-19-13-21(30-26-19)17-3-6-20-22(12-17)29-23(28)25-20/h1-6,12-13,16,21,26H,7-11,14H2,(H,25,28). The Kier molecular flexibility index (Phi) is 5.14. The summed E-state index contributed by atoms with van der Waals surface area (Å²) in [5.74, 6) is 0.0136. The number of aromatic nitrogens is 1. The lowest BCUT2D eigenvalue weighted by atomic mass is 9.90. The Labute approximate surface area is 173 Å². The summed E-state index contributed by atoms with van der Waals surface area (Å²) in [6.07, 6.45) is 5.16. The maximum atomic E-state index is 13.1. The van der Waals surface area contributed by atoms with E-state index in [0.717, 1.165) is 50.2 Å². The molecule has 7 heteroatoms. The average molecular weight is 409 g/mol. The van der Waals surface area contributed by atoms with Crippen LogP contribution in [0.25, 0.3) is 11.1 Å². The van der Waals surface area contributed by atoms with E-state index in [1.807, 2.05) is 30.3 Å². The van der Waals surface area contributed by atoms with Gasteiger partial charge in [-0.15, -0.1) is 0 Å². The third-order valence-corrected chi connectivity index (χ3v) is 5.98. The van der Waals surface area contributed by atoms with Gasteiger partial charge in [0.25, 0.3) is 0 Å². The number of nitrogens with zero attached hydrogens (tertiary/aromatic N) is 1. The molecule has 2 aromatic carbocycles. The summed E-state index contributed by atoms with van der Waals surface area (Å²) in [5, 5.41) is 0. The van der Waals surface area contributed by atoms with Crippen molar-refractivity contribution in [3.8, 4) is 0 Å². The molecule has 0 saturated carbocycles. The Morgan fingerprint density at radius 3 is 2.70 bits per heavy atom. The van der Waals surface area contributed by atoms with E-state index in [-0.39, 0.29) is 11.9 Å². The molecule has 0 radical (unpaired) electrons. The minimum Gasteiger partial charge on any atom is -0.408 e. The summed E-state index contributed by atoms with van der Waals surface area (Å²) in [7, 11) is 0. The van der Waals surface area contributed by atoms with E-state index in [9.17, 15) is 9.18 Å². The highest BCUT2D eigenvalue weighted by Crippen LogP contribution is 2.28. The summed E-state index contributed by atoms with van der Waals surface area (Å²) >= 11 is 0. The van der Waals surface area contributed by atoms with Gasteiger partial charge in [-0.05, 0) is 79.7 Å². The van der Waals surface area contributed by atoms with Crippen LogP contribution in [-0.4, -0.2) is 29.5 Å². The van der Waals surface area contributed by atoms with E-state index in [2.05, 4.69) is 21.4 Å². The van der Waals surface area contributed by atoms with Crippen LogP contribution < -0.4 is 11.2 Å². The number of likely N-dealkylation sites (tertiary alicyclic amines) is 1. The van der Waals surface area contributed by atoms with Crippen LogP contribution in [0.5, 0.6) is 0 Å². The van der Waals surface area contributed by atoms with Crippen LogP contribution in [0.2, 0.25) is 0 Å². The molecule has 2 aliphatic heterocycles. The number of hydrogen-bond donors (Lipinski definition) is 2. The van der Waals surface area contributed by atoms with E-state index in [1.165, 1.54) is 5.56 Å². The molecule has 1 saturated heterocycles. The Hall–Kier alpha value is -2.90.